The Labute approximate surface area is 180 Å². The zero-order valence-corrected chi connectivity index (χ0v) is 16.8. The molecule has 0 bridgehead atoms. The Morgan fingerprint density at radius 1 is 0.759 bits per heavy atom. The number of hydrogen-bond acceptors (Lipinski definition) is 8. The van der Waals surface area contributed by atoms with Crippen molar-refractivity contribution in [2.45, 2.75) is 4.90 Å². The van der Waals surface area contributed by atoms with E-state index in [1.165, 1.54) is 6.07 Å². The van der Waals surface area contributed by atoms with Crippen LogP contribution in [0.15, 0.2) is 81.9 Å². The van der Waals surface area contributed by atoms with Crippen molar-refractivity contribution in [2.24, 2.45) is 10.2 Å². The van der Waals surface area contributed by atoms with Gasteiger partial charge >= 0.3 is 0 Å². The number of hydrogen-bond donors (Lipinski definition) is 2. The van der Waals surface area contributed by atoms with E-state index in [0.29, 0.717) is 33.4 Å². The number of rotatable bonds is 5. The van der Waals surface area contributed by atoms with Crippen LogP contribution >= 0.6 is 12.0 Å². The fraction of sp³-hybridized carbons (Fsp3) is 0. The smallest absolute Gasteiger partial charge is 0.144 e. The number of azo groups is 1. The monoisotopic (exact) mass is 445 g/mol. The maximum Gasteiger partial charge on any atom is 0.144 e. The molecule has 4 aromatic rings. The molecule has 4 rings (SSSR count). The third-order valence-electron chi connectivity index (χ3n) is 4.24. The van der Waals surface area contributed by atoms with Crippen molar-refractivity contribution >= 4 is 45.0 Å². The first-order valence-corrected chi connectivity index (χ1v) is 8.93. The Morgan fingerprint density at radius 2 is 1.38 bits per heavy atom. The van der Waals surface area contributed by atoms with Crippen LogP contribution in [0, 0.1) is 0 Å². The molecule has 29 heavy (non-hydrogen) atoms. The van der Waals surface area contributed by atoms with E-state index < -0.39 is 0 Å². The van der Waals surface area contributed by atoms with Gasteiger partial charge in [-0.1, -0.05) is 54.6 Å². The largest absolute Gasteiger partial charge is 0.691 e. The van der Waals surface area contributed by atoms with Crippen LogP contribution in [0.3, 0.4) is 0 Å². The predicted octanol–water partition coefficient (Wildman–Crippen LogP) is 5.05. The van der Waals surface area contributed by atoms with Gasteiger partial charge in [0, 0.05) is 33.5 Å². The SMILES string of the molecule is [Cr].[O-]OOSc1cc(O)c(N=Nc2c(O)ccc3ccccc23)c2ccccc12. The van der Waals surface area contributed by atoms with Crippen LogP contribution in [0.1, 0.15) is 0 Å². The van der Waals surface area contributed by atoms with E-state index in [2.05, 4.69) is 19.6 Å². The molecule has 0 saturated carbocycles. The quantitative estimate of drug-likeness (QED) is 0.193. The predicted molar refractivity (Wildman–Crippen MR) is 103 cm³/mol. The summed E-state index contributed by atoms with van der Waals surface area (Å²) in [5.41, 5.74) is 0.540. The topological polar surface area (TPSA) is 107 Å². The van der Waals surface area contributed by atoms with Gasteiger partial charge in [0.15, 0.2) is 0 Å². The summed E-state index contributed by atoms with van der Waals surface area (Å²) in [5.74, 6) is -0.168. The van der Waals surface area contributed by atoms with E-state index in [1.54, 1.807) is 36.4 Å². The summed E-state index contributed by atoms with van der Waals surface area (Å²) in [6.07, 6.45) is 0. The zero-order valence-electron chi connectivity index (χ0n) is 14.7. The fourth-order valence-electron chi connectivity index (χ4n) is 2.99. The van der Waals surface area contributed by atoms with E-state index in [4.69, 9.17) is 0 Å². The third kappa shape index (κ3) is 4.21. The molecule has 0 fully saturated rings. The summed E-state index contributed by atoms with van der Waals surface area (Å²) in [5, 5.41) is 45.5. The molecule has 0 atom stereocenters. The summed E-state index contributed by atoms with van der Waals surface area (Å²) in [6.45, 7) is 0. The van der Waals surface area contributed by atoms with Gasteiger partial charge in [-0.3, -0.25) is 5.04 Å². The van der Waals surface area contributed by atoms with Gasteiger partial charge in [0.1, 0.15) is 22.9 Å². The van der Waals surface area contributed by atoms with Gasteiger partial charge in [-0.25, -0.2) is 0 Å². The minimum absolute atomic E-state index is 0. The van der Waals surface area contributed by atoms with Crippen LogP contribution in [0.4, 0.5) is 11.4 Å². The molecule has 0 radical (unpaired) electrons. The Bertz CT molecular complexity index is 1200. The van der Waals surface area contributed by atoms with Gasteiger partial charge in [-0.2, -0.15) is 4.33 Å². The summed E-state index contributed by atoms with van der Waals surface area (Å²) >= 11 is 0.685. The minimum atomic E-state index is -0.154. The Hall–Kier alpha value is -2.64. The summed E-state index contributed by atoms with van der Waals surface area (Å²) in [4.78, 5) is 0.482. The van der Waals surface area contributed by atoms with Crippen LogP contribution in [0.5, 0.6) is 11.5 Å². The van der Waals surface area contributed by atoms with Crippen molar-refractivity contribution in [3.8, 4) is 11.5 Å². The molecule has 0 aliphatic rings. The second-order valence-electron chi connectivity index (χ2n) is 5.86. The van der Waals surface area contributed by atoms with E-state index in [9.17, 15) is 15.5 Å². The fourth-order valence-corrected chi connectivity index (χ4v) is 3.51. The number of aromatic hydroxyl groups is 2. The van der Waals surface area contributed by atoms with Gasteiger partial charge in [-0.15, -0.1) is 10.2 Å². The van der Waals surface area contributed by atoms with Gasteiger partial charge in [-0.05, 0) is 17.5 Å². The second kappa shape index (κ2) is 9.24. The summed E-state index contributed by atoms with van der Waals surface area (Å²) in [7, 11) is 0. The Kier molecular flexibility index (Phi) is 6.72. The molecule has 0 aliphatic heterocycles. The molecule has 9 heteroatoms. The van der Waals surface area contributed by atoms with Gasteiger partial charge < -0.3 is 15.5 Å². The molecule has 0 spiro atoms. The van der Waals surface area contributed by atoms with Crippen LogP contribution in [-0.2, 0) is 26.7 Å². The van der Waals surface area contributed by atoms with Crippen molar-refractivity contribution in [3.63, 3.8) is 0 Å². The minimum Gasteiger partial charge on any atom is -0.691 e. The number of benzene rings is 4. The van der Waals surface area contributed by atoms with Gasteiger partial charge in [0.2, 0.25) is 0 Å². The van der Waals surface area contributed by atoms with E-state index in [0.717, 1.165) is 10.8 Å². The molecule has 0 saturated heterocycles. The maximum absolute atomic E-state index is 10.4. The molecule has 0 aromatic heterocycles. The molecule has 0 aliphatic carbocycles. The standard InChI is InChI=1S/C20H14N2O5S.Cr/c23-16-10-9-12-5-1-2-6-13(12)19(16)21-22-20-15-8-4-3-7-14(15)18(11-17(20)24)28-27-26-25;/h1-11,23-25H;/p-1. The molecule has 4 aromatic carbocycles. The molecule has 0 amide bonds. The molecule has 146 valence electrons. The number of fused-ring (bicyclic) bond motifs is 2. The van der Waals surface area contributed by atoms with Crippen LogP contribution < -0.4 is 5.26 Å². The van der Waals surface area contributed by atoms with E-state index >= 15 is 0 Å². The van der Waals surface area contributed by atoms with Crippen LogP contribution in [-0.4, -0.2) is 10.2 Å². The van der Waals surface area contributed by atoms with Crippen molar-refractivity contribution < 1.29 is 42.2 Å². The van der Waals surface area contributed by atoms with Crippen molar-refractivity contribution in [1.29, 1.82) is 0 Å². The van der Waals surface area contributed by atoms with Gasteiger partial charge in [0.25, 0.3) is 0 Å². The van der Waals surface area contributed by atoms with Crippen LogP contribution in [0.25, 0.3) is 21.5 Å². The Morgan fingerprint density at radius 3 is 2.10 bits per heavy atom. The first-order valence-electron chi connectivity index (χ1n) is 8.19. The average molecular weight is 445 g/mol. The Balaban J connectivity index is 0.00000240. The van der Waals surface area contributed by atoms with Gasteiger partial charge in [0.05, 0.1) is 16.9 Å². The first-order chi connectivity index (χ1) is 13.7. The van der Waals surface area contributed by atoms with E-state index in [-0.39, 0.29) is 34.5 Å². The number of phenols is 2. The summed E-state index contributed by atoms with van der Waals surface area (Å²) < 4.78 is 4.38. The average Bonchev–Trinajstić information content (AvgIpc) is 2.72. The molecule has 2 N–H and O–H groups in total. The maximum atomic E-state index is 10.4. The molecule has 0 unspecified atom stereocenters. The molecular formula is C20H13CrN2O5S-. The molecule has 7 nitrogen and oxygen atoms in total. The summed E-state index contributed by atoms with van der Waals surface area (Å²) in [6, 6.07) is 19.4. The van der Waals surface area contributed by atoms with Crippen LogP contribution in [0.2, 0.25) is 0 Å². The normalized spacial score (nSPS) is 11.2. The second-order valence-corrected chi connectivity index (χ2v) is 6.60. The number of phenolic OH excluding ortho intramolecular Hbond substituents is 2. The van der Waals surface area contributed by atoms with E-state index in [1.807, 2.05) is 24.3 Å². The number of nitrogens with zero attached hydrogens (tertiary/aromatic N) is 2. The van der Waals surface area contributed by atoms with Crippen molar-refractivity contribution in [1.82, 2.24) is 0 Å². The first kappa shape index (κ1) is 21.1. The molecular weight excluding hydrogens is 432 g/mol. The van der Waals surface area contributed by atoms with Crippen molar-refractivity contribution in [3.05, 3.63) is 66.7 Å². The molecule has 0 heterocycles. The third-order valence-corrected chi connectivity index (χ3v) is 4.88. The van der Waals surface area contributed by atoms with Crippen molar-refractivity contribution in [2.75, 3.05) is 0 Å². The zero-order chi connectivity index (χ0) is 19.5.